The van der Waals surface area contributed by atoms with Crippen molar-refractivity contribution in [3.8, 4) is 0 Å². The molecule has 7 heteroatoms. The monoisotopic (exact) mass is 291 g/mol. The third-order valence-corrected chi connectivity index (χ3v) is 5.36. The molecule has 5 nitrogen and oxygen atoms in total. The summed E-state index contributed by atoms with van der Waals surface area (Å²) >= 11 is 0. The summed E-state index contributed by atoms with van der Waals surface area (Å²) in [6, 6.07) is 7.03. The second kappa shape index (κ2) is 5.71. The number of anilines is 1. The van der Waals surface area contributed by atoms with Gasteiger partial charge >= 0.3 is 0 Å². The van der Waals surface area contributed by atoms with Crippen LogP contribution in [0.4, 0.5) is 5.69 Å². The average Bonchev–Trinajstić information content (AvgIpc) is 2.25. The van der Waals surface area contributed by atoms with Gasteiger partial charge in [-0.1, -0.05) is 18.2 Å². The van der Waals surface area contributed by atoms with E-state index in [0.717, 1.165) is 11.8 Å². The summed E-state index contributed by atoms with van der Waals surface area (Å²) in [6.07, 6.45) is 1.33. The van der Waals surface area contributed by atoms with E-state index in [4.69, 9.17) is 5.73 Å². The number of hydrogen-bond donors (Lipinski definition) is 1. The van der Waals surface area contributed by atoms with Crippen LogP contribution in [0.5, 0.6) is 0 Å². The van der Waals surface area contributed by atoms with Gasteiger partial charge in [0.15, 0.2) is 9.84 Å². The lowest BCUT2D eigenvalue weighted by Crippen LogP contribution is -2.20. The Bertz CT molecular complexity index is 606. The van der Waals surface area contributed by atoms with Gasteiger partial charge in [0.25, 0.3) is 0 Å². The van der Waals surface area contributed by atoms with E-state index in [-0.39, 0.29) is 17.3 Å². The Hall–Kier alpha value is -1.08. The number of para-hydroxylation sites is 1. The fraction of sp³-hybridized carbons (Fsp3) is 0.455. The SMILES string of the molecule is CS(=O)(=O)CCS(=O)(=O)CCc1ccccc1N. The van der Waals surface area contributed by atoms with Crippen molar-refractivity contribution < 1.29 is 16.8 Å². The molecule has 1 aromatic rings. The molecule has 18 heavy (non-hydrogen) atoms. The highest BCUT2D eigenvalue weighted by Gasteiger charge is 2.15. The molecule has 1 rings (SSSR count). The molecule has 0 aromatic heterocycles. The highest BCUT2D eigenvalue weighted by molar-refractivity contribution is 7.94. The fourth-order valence-corrected chi connectivity index (χ4v) is 4.37. The molecule has 102 valence electrons. The molecule has 0 aliphatic carbocycles. The quantitative estimate of drug-likeness (QED) is 0.759. The first-order chi connectivity index (χ1) is 8.20. The summed E-state index contributed by atoms with van der Waals surface area (Å²) in [4.78, 5) is 0. The van der Waals surface area contributed by atoms with Crippen molar-refractivity contribution in [2.24, 2.45) is 0 Å². The van der Waals surface area contributed by atoms with Crippen LogP contribution < -0.4 is 5.73 Å². The van der Waals surface area contributed by atoms with Crippen LogP contribution in [0.1, 0.15) is 5.56 Å². The van der Waals surface area contributed by atoms with Crippen molar-refractivity contribution >= 4 is 25.4 Å². The number of rotatable bonds is 6. The maximum absolute atomic E-state index is 11.7. The number of sulfone groups is 2. The van der Waals surface area contributed by atoms with E-state index < -0.39 is 19.7 Å². The second-order valence-corrected chi connectivity index (χ2v) is 8.79. The number of hydrogen-bond acceptors (Lipinski definition) is 5. The van der Waals surface area contributed by atoms with Crippen LogP contribution in [0.3, 0.4) is 0 Å². The first-order valence-electron chi connectivity index (χ1n) is 5.41. The smallest absolute Gasteiger partial charge is 0.151 e. The Kier molecular flexibility index (Phi) is 4.75. The molecule has 0 saturated carbocycles. The predicted octanol–water partition coefficient (Wildman–Crippen LogP) is 0.271. The van der Waals surface area contributed by atoms with E-state index in [1.165, 1.54) is 0 Å². The molecule has 0 aliphatic rings. The lowest BCUT2D eigenvalue weighted by Gasteiger charge is -2.06. The standard InChI is InChI=1S/C11H17NO4S2/c1-17(13,14)8-9-18(15,16)7-6-10-4-2-3-5-11(10)12/h2-5H,6-9,12H2,1H3. The van der Waals surface area contributed by atoms with Gasteiger partial charge in [-0.25, -0.2) is 16.8 Å². The molecule has 0 heterocycles. The van der Waals surface area contributed by atoms with Crippen molar-refractivity contribution in [3.05, 3.63) is 29.8 Å². The summed E-state index contributed by atoms with van der Waals surface area (Å²) in [5.41, 5.74) is 7.02. The molecule has 0 unspecified atom stereocenters. The Balaban J connectivity index is 2.60. The van der Waals surface area contributed by atoms with Crippen LogP contribution in [0.25, 0.3) is 0 Å². The minimum atomic E-state index is -3.36. The average molecular weight is 291 g/mol. The van der Waals surface area contributed by atoms with Crippen molar-refractivity contribution in [2.75, 3.05) is 29.2 Å². The van der Waals surface area contributed by atoms with Gasteiger partial charge in [0.05, 0.1) is 17.3 Å². The predicted molar refractivity (Wildman–Crippen MR) is 72.9 cm³/mol. The van der Waals surface area contributed by atoms with Crippen molar-refractivity contribution in [2.45, 2.75) is 6.42 Å². The van der Waals surface area contributed by atoms with Gasteiger partial charge in [0.2, 0.25) is 0 Å². The molecule has 0 saturated heterocycles. The Morgan fingerprint density at radius 3 is 2.17 bits per heavy atom. The molecule has 0 atom stereocenters. The van der Waals surface area contributed by atoms with E-state index in [1.54, 1.807) is 24.3 Å². The second-order valence-electron chi connectivity index (χ2n) is 4.23. The van der Waals surface area contributed by atoms with Crippen LogP contribution in [-0.4, -0.2) is 40.3 Å². The first-order valence-corrected chi connectivity index (χ1v) is 9.29. The number of benzene rings is 1. The third-order valence-electron chi connectivity index (χ3n) is 2.50. The van der Waals surface area contributed by atoms with Crippen LogP contribution in [-0.2, 0) is 26.1 Å². The van der Waals surface area contributed by atoms with Gasteiger partial charge in [0, 0.05) is 11.9 Å². The van der Waals surface area contributed by atoms with E-state index >= 15 is 0 Å². The molecule has 0 radical (unpaired) electrons. The maximum atomic E-state index is 11.7. The van der Waals surface area contributed by atoms with Crippen molar-refractivity contribution in [3.63, 3.8) is 0 Å². The molecular formula is C11H17NO4S2. The molecule has 0 amide bonds. The number of aryl methyl sites for hydroxylation is 1. The molecule has 0 spiro atoms. The lowest BCUT2D eigenvalue weighted by atomic mass is 10.1. The zero-order chi connectivity index (χ0) is 13.8. The van der Waals surface area contributed by atoms with Crippen molar-refractivity contribution in [1.82, 2.24) is 0 Å². The van der Waals surface area contributed by atoms with Gasteiger partial charge in [-0.2, -0.15) is 0 Å². The minimum absolute atomic E-state index is 0.0866. The van der Waals surface area contributed by atoms with Crippen molar-refractivity contribution in [1.29, 1.82) is 0 Å². The van der Waals surface area contributed by atoms with Crippen LogP contribution in [0.15, 0.2) is 24.3 Å². The molecule has 0 bridgehead atoms. The van der Waals surface area contributed by atoms with E-state index in [9.17, 15) is 16.8 Å². The highest BCUT2D eigenvalue weighted by atomic mass is 32.2. The molecule has 0 fully saturated rings. The van der Waals surface area contributed by atoms with Gasteiger partial charge in [-0.3, -0.25) is 0 Å². The summed E-state index contributed by atoms with van der Waals surface area (Å²) < 4.78 is 45.2. The Labute approximate surface area is 108 Å². The van der Waals surface area contributed by atoms with E-state index in [2.05, 4.69) is 0 Å². The summed E-state index contributed by atoms with van der Waals surface area (Å²) in [6.45, 7) is 0. The van der Waals surface area contributed by atoms with Gasteiger partial charge in [-0.05, 0) is 18.1 Å². The van der Waals surface area contributed by atoms with Crippen LogP contribution in [0.2, 0.25) is 0 Å². The van der Waals surface area contributed by atoms with E-state index in [1.807, 2.05) is 0 Å². The molecule has 1 aromatic carbocycles. The zero-order valence-electron chi connectivity index (χ0n) is 10.2. The molecule has 0 aliphatic heterocycles. The Morgan fingerprint density at radius 1 is 1.00 bits per heavy atom. The van der Waals surface area contributed by atoms with Crippen LogP contribution in [0, 0.1) is 0 Å². The summed E-state index contributed by atoms with van der Waals surface area (Å²) in [5.74, 6) is -0.755. The molecular weight excluding hydrogens is 274 g/mol. The molecule has 2 N–H and O–H groups in total. The highest BCUT2D eigenvalue weighted by Crippen LogP contribution is 2.12. The lowest BCUT2D eigenvalue weighted by molar-refractivity contribution is 0.589. The van der Waals surface area contributed by atoms with Gasteiger partial charge in [0.1, 0.15) is 9.84 Å². The number of nitrogens with two attached hydrogens (primary N) is 1. The summed E-state index contributed by atoms with van der Waals surface area (Å²) in [5, 5.41) is 0. The Morgan fingerprint density at radius 2 is 1.61 bits per heavy atom. The number of nitrogen functional groups attached to an aromatic ring is 1. The van der Waals surface area contributed by atoms with Gasteiger partial charge in [-0.15, -0.1) is 0 Å². The maximum Gasteiger partial charge on any atom is 0.151 e. The fourth-order valence-electron chi connectivity index (χ4n) is 1.41. The van der Waals surface area contributed by atoms with Crippen LogP contribution >= 0.6 is 0 Å². The zero-order valence-corrected chi connectivity index (χ0v) is 11.8. The topological polar surface area (TPSA) is 94.3 Å². The van der Waals surface area contributed by atoms with Gasteiger partial charge < -0.3 is 5.73 Å². The largest absolute Gasteiger partial charge is 0.399 e. The normalized spacial score (nSPS) is 12.5. The third kappa shape index (κ3) is 5.50. The summed E-state index contributed by atoms with van der Waals surface area (Å²) in [7, 11) is -6.62. The van der Waals surface area contributed by atoms with E-state index in [0.29, 0.717) is 12.1 Å². The minimum Gasteiger partial charge on any atom is -0.399 e. The first kappa shape index (κ1) is 15.0.